The van der Waals surface area contributed by atoms with E-state index < -0.39 is 21.7 Å². The average Bonchev–Trinajstić information content (AvgIpc) is 3.35. The van der Waals surface area contributed by atoms with Gasteiger partial charge in [0.15, 0.2) is 26.4 Å². The highest BCUT2D eigenvalue weighted by atomic mass is 35.5. The average molecular weight is 532 g/mol. The molecule has 0 amide bonds. The van der Waals surface area contributed by atoms with E-state index in [4.69, 9.17) is 23.2 Å². The summed E-state index contributed by atoms with van der Waals surface area (Å²) in [6.07, 6.45) is -1.29. The summed E-state index contributed by atoms with van der Waals surface area (Å²) in [5.74, 6) is 0.0418. The molecule has 0 saturated carbocycles. The number of sulfone groups is 1. The number of aromatic nitrogens is 3. The fourth-order valence-corrected chi connectivity index (χ4v) is 5.48. The number of nitrogens with zero attached hydrogens (tertiary/aromatic N) is 3. The minimum atomic E-state index is -4.66. The Labute approximate surface area is 201 Å². The second kappa shape index (κ2) is 8.43. The number of hydrogen-bond acceptors (Lipinski definition) is 5. The van der Waals surface area contributed by atoms with E-state index in [1.807, 2.05) is 0 Å². The van der Waals surface area contributed by atoms with Crippen molar-refractivity contribution in [3.05, 3.63) is 70.1 Å². The molecular formula is C21H14Cl2F3N3O2S2. The van der Waals surface area contributed by atoms with Gasteiger partial charge in [0.05, 0.1) is 15.6 Å². The molecule has 0 N–H and O–H groups in total. The fourth-order valence-electron chi connectivity index (χ4n) is 3.24. The van der Waals surface area contributed by atoms with Gasteiger partial charge in [-0.2, -0.15) is 13.2 Å². The third-order valence-electron chi connectivity index (χ3n) is 4.66. The highest BCUT2D eigenvalue weighted by Gasteiger charge is 2.35. The summed E-state index contributed by atoms with van der Waals surface area (Å²) < 4.78 is 65.2. The Bertz CT molecular complexity index is 1480. The Balaban J connectivity index is 1.84. The SMILES string of the molecule is Cc1cc(-c2ccc(-c3nc(C(F)(F)F)cn3-c3cc(Cl)ccc3Cl)s2)cnc1S(C)(=O)=O. The third kappa shape index (κ3) is 4.79. The van der Waals surface area contributed by atoms with Crippen molar-refractivity contribution in [1.29, 1.82) is 0 Å². The number of halogens is 5. The van der Waals surface area contributed by atoms with Gasteiger partial charge in [0.1, 0.15) is 0 Å². The van der Waals surface area contributed by atoms with Crippen molar-refractivity contribution in [2.24, 2.45) is 0 Å². The lowest BCUT2D eigenvalue weighted by atomic mass is 10.2. The van der Waals surface area contributed by atoms with Crippen molar-refractivity contribution in [3.8, 4) is 26.8 Å². The highest BCUT2D eigenvalue weighted by Crippen LogP contribution is 2.39. The maximum absolute atomic E-state index is 13.5. The van der Waals surface area contributed by atoms with Crippen LogP contribution < -0.4 is 0 Å². The van der Waals surface area contributed by atoms with Crippen LogP contribution in [0.5, 0.6) is 0 Å². The quantitative estimate of drug-likeness (QED) is 0.294. The molecule has 0 fully saturated rings. The monoisotopic (exact) mass is 531 g/mol. The second-order valence-electron chi connectivity index (χ2n) is 7.20. The molecule has 0 atom stereocenters. The molecule has 0 spiro atoms. The zero-order chi connectivity index (χ0) is 24.1. The molecule has 3 heterocycles. The van der Waals surface area contributed by atoms with Crippen LogP contribution in [-0.2, 0) is 16.0 Å². The molecule has 0 aliphatic heterocycles. The largest absolute Gasteiger partial charge is 0.434 e. The lowest BCUT2D eigenvalue weighted by Gasteiger charge is -2.09. The molecule has 1 aromatic carbocycles. The molecule has 0 radical (unpaired) electrons. The van der Waals surface area contributed by atoms with Crippen LogP contribution >= 0.6 is 34.5 Å². The van der Waals surface area contributed by atoms with Crippen LogP contribution in [0.25, 0.3) is 26.8 Å². The van der Waals surface area contributed by atoms with Gasteiger partial charge in [-0.3, -0.25) is 4.57 Å². The van der Waals surface area contributed by atoms with Gasteiger partial charge in [0.25, 0.3) is 0 Å². The first kappa shape index (κ1) is 23.7. The molecule has 0 saturated heterocycles. The number of pyridine rings is 1. The molecule has 4 rings (SSSR count). The van der Waals surface area contributed by atoms with E-state index >= 15 is 0 Å². The predicted molar refractivity (Wildman–Crippen MR) is 123 cm³/mol. The zero-order valence-corrected chi connectivity index (χ0v) is 20.1. The Morgan fingerprint density at radius 3 is 2.39 bits per heavy atom. The first-order chi connectivity index (χ1) is 15.3. The van der Waals surface area contributed by atoms with Gasteiger partial charge in [-0.1, -0.05) is 23.2 Å². The minimum Gasteiger partial charge on any atom is -0.297 e. The summed E-state index contributed by atoms with van der Waals surface area (Å²) in [4.78, 5) is 9.00. The van der Waals surface area contributed by atoms with Crippen molar-refractivity contribution < 1.29 is 21.6 Å². The van der Waals surface area contributed by atoms with Crippen molar-refractivity contribution in [2.75, 3.05) is 6.26 Å². The van der Waals surface area contributed by atoms with Crippen LogP contribution in [-0.4, -0.2) is 29.2 Å². The molecule has 0 unspecified atom stereocenters. The summed E-state index contributed by atoms with van der Waals surface area (Å²) in [5.41, 5.74) is 0.285. The van der Waals surface area contributed by atoms with Crippen molar-refractivity contribution in [3.63, 3.8) is 0 Å². The van der Waals surface area contributed by atoms with Crippen LogP contribution in [0.1, 0.15) is 11.3 Å². The predicted octanol–water partition coefficient (Wildman–Crippen LogP) is 6.70. The number of aryl methyl sites for hydroxylation is 1. The number of thiophene rings is 1. The molecule has 172 valence electrons. The molecule has 4 aromatic rings. The van der Waals surface area contributed by atoms with E-state index in [9.17, 15) is 21.6 Å². The van der Waals surface area contributed by atoms with Gasteiger partial charge in [0, 0.05) is 34.1 Å². The molecule has 3 aromatic heterocycles. The van der Waals surface area contributed by atoms with Crippen LogP contribution in [0.15, 0.2) is 53.8 Å². The van der Waals surface area contributed by atoms with Gasteiger partial charge in [-0.15, -0.1) is 11.3 Å². The van der Waals surface area contributed by atoms with Crippen LogP contribution in [0.4, 0.5) is 13.2 Å². The smallest absolute Gasteiger partial charge is 0.297 e. The summed E-state index contributed by atoms with van der Waals surface area (Å²) in [6.45, 7) is 1.63. The van der Waals surface area contributed by atoms with E-state index in [0.29, 0.717) is 25.9 Å². The lowest BCUT2D eigenvalue weighted by Crippen LogP contribution is -2.05. The van der Waals surface area contributed by atoms with Crippen molar-refractivity contribution in [2.45, 2.75) is 18.1 Å². The Morgan fingerprint density at radius 1 is 1.06 bits per heavy atom. The molecule has 12 heteroatoms. The number of rotatable bonds is 4. The normalized spacial score (nSPS) is 12.3. The highest BCUT2D eigenvalue weighted by molar-refractivity contribution is 7.90. The Kier molecular flexibility index (Phi) is 6.06. The molecule has 33 heavy (non-hydrogen) atoms. The molecule has 0 bridgehead atoms. The number of hydrogen-bond donors (Lipinski definition) is 0. The standard InChI is InChI=1S/C21H14Cl2F3N3O2S2/c1-11-7-12(9-27-20(11)33(2,30)31)16-5-6-17(32-16)19-28-18(21(24,25)26)10-29(19)15-8-13(22)3-4-14(15)23/h3-10H,1-2H3. The van der Waals surface area contributed by atoms with Crippen LogP contribution in [0.2, 0.25) is 10.0 Å². The molecule has 5 nitrogen and oxygen atoms in total. The first-order valence-electron chi connectivity index (χ1n) is 9.24. The minimum absolute atomic E-state index is 0.0241. The fraction of sp³-hybridized carbons (Fsp3) is 0.143. The Morgan fingerprint density at radius 2 is 1.76 bits per heavy atom. The third-order valence-corrected chi connectivity index (χ3v) is 7.47. The summed E-state index contributed by atoms with van der Waals surface area (Å²) in [5, 5.41) is 0.491. The van der Waals surface area contributed by atoms with Crippen LogP contribution in [0.3, 0.4) is 0 Å². The van der Waals surface area contributed by atoms with E-state index in [1.165, 1.54) is 40.3 Å². The van der Waals surface area contributed by atoms with Crippen molar-refractivity contribution >= 4 is 44.4 Å². The summed E-state index contributed by atoms with van der Waals surface area (Å²) in [6, 6.07) is 9.50. The van der Waals surface area contributed by atoms with Gasteiger partial charge in [-0.05, 0) is 48.9 Å². The molecule has 0 aliphatic rings. The van der Waals surface area contributed by atoms with E-state index in [-0.39, 0.29) is 21.6 Å². The number of benzene rings is 1. The van der Waals surface area contributed by atoms with Crippen LogP contribution in [0, 0.1) is 6.92 Å². The lowest BCUT2D eigenvalue weighted by molar-refractivity contribution is -0.140. The Hall–Kier alpha value is -2.40. The maximum Gasteiger partial charge on any atom is 0.434 e. The van der Waals surface area contributed by atoms with Gasteiger partial charge in [0.2, 0.25) is 0 Å². The number of alkyl halides is 3. The maximum atomic E-state index is 13.5. The van der Waals surface area contributed by atoms with Crippen molar-refractivity contribution in [1.82, 2.24) is 14.5 Å². The van der Waals surface area contributed by atoms with E-state index in [1.54, 1.807) is 25.1 Å². The topological polar surface area (TPSA) is 64.8 Å². The summed E-state index contributed by atoms with van der Waals surface area (Å²) in [7, 11) is -3.48. The first-order valence-corrected chi connectivity index (χ1v) is 12.7. The molecule has 0 aliphatic carbocycles. The van der Waals surface area contributed by atoms with E-state index in [2.05, 4.69) is 9.97 Å². The summed E-state index contributed by atoms with van der Waals surface area (Å²) >= 11 is 13.5. The zero-order valence-electron chi connectivity index (χ0n) is 17.0. The van der Waals surface area contributed by atoms with Gasteiger partial charge in [-0.25, -0.2) is 18.4 Å². The van der Waals surface area contributed by atoms with Gasteiger partial charge < -0.3 is 0 Å². The molecular weight excluding hydrogens is 518 g/mol. The second-order valence-corrected chi connectivity index (χ2v) is 11.1. The van der Waals surface area contributed by atoms with Gasteiger partial charge >= 0.3 is 6.18 Å². The van der Waals surface area contributed by atoms with E-state index in [0.717, 1.165) is 12.5 Å². The number of imidazole rings is 1.